The first-order chi connectivity index (χ1) is 13.3. The topological polar surface area (TPSA) is 73.2 Å². The van der Waals surface area contributed by atoms with Gasteiger partial charge in [-0.1, -0.05) is 54.1 Å². The maximum atomic E-state index is 13.4. The molecule has 0 atom stereocenters. The van der Waals surface area contributed by atoms with E-state index in [-0.39, 0.29) is 14.8 Å². The summed E-state index contributed by atoms with van der Waals surface area (Å²) in [6.45, 7) is 1.85. The lowest BCUT2D eigenvalue weighted by Gasteiger charge is -2.12. The minimum atomic E-state index is -4.11. The van der Waals surface area contributed by atoms with E-state index in [1.54, 1.807) is 54.6 Å². The maximum Gasteiger partial charge on any atom is 0.269 e. The molecule has 0 bridgehead atoms. The van der Waals surface area contributed by atoms with Gasteiger partial charge in [-0.15, -0.1) is 0 Å². The van der Waals surface area contributed by atoms with Crippen LogP contribution in [0.15, 0.2) is 99.7 Å². The number of nitrogens with zero attached hydrogens (tertiary/aromatic N) is 1. The second kappa shape index (κ2) is 6.61. The number of hydrogen-bond donors (Lipinski definition) is 0. The molecular weight excluding hydrogens is 394 g/mol. The first-order valence-corrected chi connectivity index (χ1v) is 11.5. The zero-order valence-corrected chi connectivity index (χ0v) is 16.6. The highest BCUT2D eigenvalue weighted by molar-refractivity contribution is 7.93. The molecule has 0 fully saturated rings. The summed E-state index contributed by atoms with van der Waals surface area (Å²) >= 11 is 0. The lowest BCUT2D eigenvalue weighted by molar-refractivity contribution is 0.574. The first kappa shape index (κ1) is 18.5. The van der Waals surface area contributed by atoms with E-state index in [1.165, 1.54) is 30.3 Å². The average Bonchev–Trinajstić information content (AvgIpc) is 3.10. The molecule has 1 heterocycles. The lowest BCUT2D eigenvalue weighted by Crippen LogP contribution is -2.18. The van der Waals surface area contributed by atoms with Crippen molar-refractivity contribution < 1.29 is 16.8 Å². The third-order valence-electron chi connectivity index (χ3n) is 4.52. The number of fused-ring (bicyclic) bond motifs is 1. The summed E-state index contributed by atoms with van der Waals surface area (Å²) < 4.78 is 54.3. The molecule has 1 aromatic heterocycles. The number of sulfone groups is 1. The minimum absolute atomic E-state index is 0.0247. The molecule has 0 aliphatic rings. The number of hydrogen-bond acceptors (Lipinski definition) is 4. The lowest BCUT2D eigenvalue weighted by atomic mass is 10.2. The van der Waals surface area contributed by atoms with Gasteiger partial charge in [0, 0.05) is 5.39 Å². The maximum absolute atomic E-state index is 13.4. The number of aryl methyl sites for hydroxylation is 1. The van der Waals surface area contributed by atoms with Crippen molar-refractivity contribution in [2.75, 3.05) is 0 Å². The van der Waals surface area contributed by atoms with Crippen LogP contribution in [0, 0.1) is 6.92 Å². The Hall–Kier alpha value is -2.90. The van der Waals surface area contributed by atoms with E-state index in [9.17, 15) is 16.8 Å². The first-order valence-electron chi connectivity index (χ1n) is 8.55. The van der Waals surface area contributed by atoms with Gasteiger partial charge in [-0.2, -0.15) is 0 Å². The normalized spacial score (nSPS) is 12.3. The van der Waals surface area contributed by atoms with Gasteiger partial charge in [0.05, 0.1) is 15.3 Å². The van der Waals surface area contributed by atoms with Crippen LogP contribution in [0.5, 0.6) is 0 Å². The molecule has 0 radical (unpaired) electrons. The zero-order valence-electron chi connectivity index (χ0n) is 15.0. The van der Waals surface area contributed by atoms with Crippen LogP contribution in [-0.2, 0) is 19.9 Å². The van der Waals surface area contributed by atoms with Crippen LogP contribution >= 0.6 is 0 Å². The molecule has 7 heteroatoms. The van der Waals surface area contributed by atoms with E-state index < -0.39 is 19.9 Å². The van der Waals surface area contributed by atoms with Gasteiger partial charge in [-0.3, -0.25) is 0 Å². The van der Waals surface area contributed by atoms with Gasteiger partial charge in [0.2, 0.25) is 9.84 Å². The second-order valence-corrected chi connectivity index (χ2v) is 10.1. The largest absolute Gasteiger partial charge is 0.269 e. The molecule has 0 amide bonds. The van der Waals surface area contributed by atoms with Gasteiger partial charge in [-0.05, 0) is 43.3 Å². The van der Waals surface area contributed by atoms with Crippen molar-refractivity contribution in [1.82, 2.24) is 3.97 Å². The van der Waals surface area contributed by atoms with Crippen LogP contribution < -0.4 is 0 Å². The quantitative estimate of drug-likeness (QED) is 0.508. The molecule has 5 nitrogen and oxygen atoms in total. The van der Waals surface area contributed by atoms with Crippen molar-refractivity contribution in [3.05, 3.63) is 90.5 Å². The Labute approximate surface area is 163 Å². The second-order valence-electron chi connectivity index (χ2n) is 6.44. The molecule has 0 spiro atoms. The molecule has 4 aromatic rings. The van der Waals surface area contributed by atoms with Crippen molar-refractivity contribution in [2.45, 2.75) is 21.7 Å². The van der Waals surface area contributed by atoms with Gasteiger partial charge < -0.3 is 0 Å². The molecule has 0 N–H and O–H groups in total. The Kier molecular flexibility index (Phi) is 4.36. The fourth-order valence-corrected chi connectivity index (χ4v) is 6.43. The van der Waals surface area contributed by atoms with Crippen molar-refractivity contribution in [3.63, 3.8) is 0 Å². The monoisotopic (exact) mass is 411 g/mol. The molecule has 0 aliphatic carbocycles. The van der Waals surface area contributed by atoms with E-state index in [4.69, 9.17) is 0 Å². The number of benzene rings is 3. The number of rotatable bonds is 4. The van der Waals surface area contributed by atoms with Crippen molar-refractivity contribution in [1.29, 1.82) is 0 Å². The standard InChI is InChI=1S/C21H17NO4S2/c1-16-11-13-18(14-12-16)27(23,24)21-15-17-7-5-6-10-20(17)22(21)28(25,26)19-8-3-2-4-9-19/h2-15H,1H3. The van der Waals surface area contributed by atoms with E-state index in [2.05, 4.69) is 0 Å². The summed E-state index contributed by atoms with van der Waals surface area (Å²) in [6, 6.07) is 22.3. The van der Waals surface area contributed by atoms with E-state index in [0.717, 1.165) is 9.54 Å². The van der Waals surface area contributed by atoms with Crippen LogP contribution in [0.2, 0.25) is 0 Å². The van der Waals surface area contributed by atoms with Gasteiger partial charge in [0.1, 0.15) is 0 Å². The van der Waals surface area contributed by atoms with Crippen molar-refractivity contribution in [3.8, 4) is 0 Å². The smallest absolute Gasteiger partial charge is 0.222 e. The van der Waals surface area contributed by atoms with Crippen LogP contribution in [0.1, 0.15) is 5.56 Å². The average molecular weight is 412 g/mol. The number of para-hydroxylation sites is 1. The minimum Gasteiger partial charge on any atom is -0.222 e. The van der Waals surface area contributed by atoms with Crippen molar-refractivity contribution in [2.24, 2.45) is 0 Å². The molecule has 28 heavy (non-hydrogen) atoms. The van der Waals surface area contributed by atoms with Crippen LogP contribution in [0.3, 0.4) is 0 Å². The SMILES string of the molecule is Cc1ccc(S(=O)(=O)c2cc3ccccc3n2S(=O)(=O)c2ccccc2)cc1. The van der Waals surface area contributed by atoms with E-state index in [0.29, 0.717) is 10.9 Å². The fourth-order valence-electron chi connectivity index (χ4n) is 3.08. The summed E-state index contributed by atoms with van der Waals surface area (Å²) in [7, 11) is -8.17. The van der Waals surface area contributed by atoms with Gasteiger partial charge in [-0.25, -0.2) is 20.8 Å². The van der Waals surface area contributed by atoms with Crippen LogP contribution in [0.4, 0.5) is 0 Å². The highest BCUT2D eigenvalue weighted by Gasteiger charge is 2.30. The number of aromatic nitrogens is 1. The summed E-state index contributed by atoms with van der Waals surface area (Å²) in [5.41, 5.74) is 1.23. The molecule has 0 saturated carbocycles. The molecule has 0 saturated heterocycles. The summed E-state index contributed by atoms with van der Waals surface area (Å²) in [5, 5.41) is 0.258. The van der Waals surface area contributed by atoms with Crippen LogP contribution in [-0.4, -0.2) is 20.8 Å². The molecular formula is C21H17NO4S2. The Balaban J connectivity index is 2.06. The third-order valence-corrected chi connectivity index (χ3v) is 8.12. The molecule has 3 aromatic carbocycles. The van der Waals surface area contributed by atoms with Gasteiger partial charge >= 0.3 is 0 Å². The zero-order chi connectivity index (χ0) is 19.9. The third kappa shape index (κ3) is 2.93. The molecule has 0 aliphatic heterocycles. The fraction of sp³-hybridized carbons (Fsp3) is 0.0476. The molecule has 142 valence electrons. The Morgan fingerprint density at radius 1 is 0.679 bits per heavy atom. The highest BCUT2D eigenvalue weighted by atomic mass is 32.2. The van der Waals surface area contributed by atoms with Crippen LogP contribution in [0.25, 0.3) is 10.9 Å². The highest BCUT2D eigenvalue weighted by Crippen LogP contribution is 2.31. The molecule has 0 unspecified atom stereocenters. The molecule has 4 rings (SSSR count). The summed E-state index contributed by atoms with van der Waals surface area (Å²) in [5.74, 6) is 0. The Bertz CT molecular complexity index is 1370. The summed E-state index contributed by atoms with van der Waals surface area (Å²) in [4.78, 5) is 0.0714. The van der Waals surface area contributed by atoms with E-state index >= 15 is 0 Å². The van der Waals surface area contributed by atoms with E-state index in [1.807, 2.05) is 6.92 Å². The Morgan fingerprint density at radius 3 is 1.96 bits per heavy atom. The summed E-state index contributed by atoms with van der Waals surface area (Å²) in [6.07, 6.45) is 0. The predicted molar refractivity (Wildman–Crippen MR) is 108 cm³/mol. The predicted octanol–water partition coefficient (Wildman–Crippen LogP) is 4.02. The Morgan fingerprint density at radius 2 is 1.29 bits per heavy atom. The van der Waals surface area contributed by atoms with Gasteiger partial charge in [0.15, 0.2) is 5.03 Å². The van der Waals surface area contributed by atoms with Crippen molar-refractivity contribution >= 4 is 30.8 Å². The van der Waals surface area contributed by atoms with Gasteiger partial charge in [0.25, 0.3) is 10.0 Å².